The van der Waals surface area contributed by atoms with Crippen molar-refractivity contribution in [2.24, 2.45) is 0 Å². The molecule has 0 saturated heterocycles. The fraction of sp³-hybridized carbons (Fsp3) is 0.333. The Morgan fingerprint density at radius 1 is 1.31 bits per heavy atom. The van der Waals surface area contributed by atoms with Gasteiger partial charge in [0, 0.05) is 15.7 Å². The lowest BCUT2D eigenvalue weighted by Gasteiger charge is -2.14. The first kappa shape index (κ1) is 8.76. The van der Waals surface area contributed by atoms with E-state index in [1.807, 2.05) is 11.3 Å². The van der Waals surface area contributed by atoms with Gasteiger partial charge in [0.05, 0.1) is 0 Å². The van der Waals surface area contributed by atoms with E-state index in [4.69, 9.17) is 0 Å². The van der Waals surface area contributed by atoms with E-state index in [0.29, 0.717) is 5.92 Å². The standard InChI is InChI=1S/C12H14S/c1-9-4-3-5-11(8-9)12-7-6-10(2)13-12/h3-7,11H,8H2,1-2H3. The van der Waals surface area contributed by atoms with Gasteiger partial charge < -0.3 is 0 Å². The Kier molecular flexibility index (Phi) is 2.36. The van der Waals surface area contributed by atoms with Crippen molar-refractivity contribution in [1.29, 1.82) is 0 Å². The van der Waals surface area contributed by atoms with Crippen LogP contribution in [0.5, 0.6) is 0 Å². The molecule has 0 nitrogen and oxygen atoms in total. The zero-order chi connectivity index (χ0) is 9.26. The molecule has 1 aromatic heterocycles. The molecule has 1 aliphatic rings. The molecule has 1 aliphatic carbocycles. The van der Waals surface area contributed by atoms with Crippen LogP contribution in [0.2, 0.25) is 0 Å². The van der Waals surface area contributed by atoms with E-state index in [2.05, 4.69) is 44.2 Å². The van der Waals surface area contributed by atoms with Crippen LogP contribution >= 0.6 is 11.3 Å². The quantitative estimate of drug-likeness (QED) is 0.627. The van der Waals surface area contributed by atoms with Crippen LogP contribution in [0.3, 0.4) is 0 Å². The van der Waals surface area contributed by atoms with Crippen molar-refractivity contribution in [2.45, 2.75) is 26.2 Å². The predicted molar refractivity (Wildman–Crippen MR) is 59.3 cm³/mol. The van der Waals surface area contributed by atoms with Crippen molar-refractivity contribution in [1.82, 2.24) is 0 Å². The number of hydrogen-bond donors (Lipinski definition) is 0. The first-order chi connectivity index (χ1) is 6.25. The molecule has 2 rings (SSSR count). The molecule has 0 N–H and O–H groups in total. The minimum atomic E-state index is 0.628. The van der Waals surface area contributed by atoms with E-state index in [-0.39, 0.29) is 0 Å². The normalized spacial score (nSPS) is 21.7. The van der Waals surface area contributed by atoms with Gasteiger partial charge in [0.15, 0.2) is 0 Å². The Bertz CT molecular complexity index is 355. The van der Waals surface area contributed by atoms with Gasteiger partial charge in [-0.25, -0.2) is 0 Å². The van der Waals surface area contributed by atoms with E-state index in [1.54, 1.807) is 0 Å². The van der Waals surface area contributed by atoms with Crippen molar-refractivity contribution in [3.8, 4) is 0 Å². The molecule has 0 fully saturated rings. The van der Waals surface area contributed by atoms with E-state index >= 15 is 0 Å². The molecule has 0 bridgehead atoms. The van der Waals surface area contributed by atoms with Crippen LogP contribution < -0.4 is 0 Å². The maximum atomic E-state index is 2.30. The van der Waals surface area contributed by atoms with Gasteiger partial charge in [0.25, 0.3) is 0 Å². The molecule has 0 spiro atoms. The molecule has 0 aliphatic heterocycles. The summed E-state index contributed by atoms with van der Waals surface area (Å²) in [5.74, 6) is 0.628. The van der Waals surface area contributed by atoms with E-state index in [1.165, 1.54) is 21.7 Å². The van der Waals surface area contributed by atoms with Gasteiger partial charge in [-0.2, -0.15) is 0 Å². The molecule has 1 heteroatoms. The van der Waals surface area contributed by atoms with Gasteiger partial charge in [0.2, 0.25) is 0 Å². The summed E-state index contributed by atoms with van der Waals surface area (Å²) in [6.07, 6.45) is 7.88. The first-order valence-electron chi connectivity index (χ1n) is 4.66. The van der Waals surface area contributed by atoms with Crippen LogP contribution in [0.25, 0.3) is 0 Å². The lowest BCUT2D eigenvalue weighted by molar-refractivity contribution is 0.829. The van der Waals surface area contributed by atoms with Crippen LogP contribution in [0.15, 0.2) is 35.9 Å². The Morgan fingerprint density at radius 2 is 2.15 bits per heavy atom. The fourth-order valence-electron chi connectivity index (χ4n) is 1.69. The van der Waals surface area contributed by atoms with Crippen LogP contribution in [-0.2, 0) is 0 Å². The van der Waals surface area contributed by atoms with E-state index in [0.717, 1.165) is 0 Å². The molecule has 1 aromatic rings. The summed E-state index contributed by atoms with van der Waals surface area (Å²) >= 11 is 1.92. The average molecular weight is 190 g/mol. The summed E-state index contributed by atoms with van der Waals surface area (Å²) in [5, 5.41) is 0. The van der Waals surface area contributed by atoms with Gasteiger partial charge >= 0.3 is 0 Å². The summed E-state index contributed by atoms with van der Waals surface area (Å²) in [7, 11) is 0. The molecule has 1 atom stereocenters. The van der Waals surface area contributed by atoms with Gasteiger partial charge in [-0.3, -0.25) is 0 Å². The number of rotatable bonds is 1. The van der Waals surface area contributed by atoms with Gasteiger partial charge in [0.1, 0.15) is 0 Å². The SMILES string of the molecule is CC1=CC=CC(c2ccc(C)s2)C1. The highest BCUT2D eigenvalue weighted by Crippen LogP contribution is 2.32. The molecule has 0 radical (unpaired) electrons. The highest BCUT2D eigenvalue weighted by atomic mass is 32.1. The molecule has 0 amide bonds. The van der Waals surface area contributed by atoms with E-state index < -0.39 is 0 Å². The summed E-state index contributed by atoms with van der Waals surface area (Å²) < 4.78 is 0. The number of aryl methyl sites for hydroxylation is 1. The van der Waals surface area contributed by atoms with Crippen molar-refractivity contribution >= 4 is 11.3 Å². The summed E-state index contributed by atoms with van der Waals surface area (Å²) in [6, 6.07) is 4.47. The minimum Gasteiger partial charge on any atom is -0.145 e. The van der Waals surface area contributed by atoms with Crippen molar-refractivity contribution in [3.05, 3.63) is 45.7 Å². The average Bonchev–Trinajstić information content (AvgIpc) is 2.52. The van der Waals surface area contributed by atoms with Crippen molar-refractivity contribution < 1.29 is 0 Å². The lowest BCUT2D eigenvalue weighted by atomic mass is 9.94. The zero-order valence-electron chi connectivity index (χ0n) is 8.08. The van der Waals surface area contributed by atoms with Crippen LogP contribution in [-0.4, -0.2) is 0 Å². The number of allylic oxidation sites excluding steroid dienone is 4. The highest BCUT2D eigenvalue weighted by Gasteiger charge is 2.12. The summed E-state index contributed by atoms with van der Waals surface area (Å²) in [6.45, 7) is 4.38. The Labute approximate surface area is 83.6 Å². The van der Waals surface area contributed by atoms with Crippen LogP contribution in [0, 0.1) is 6.92 Å². The summed E-state index contributed by atoms with van der Waals surface area (Å²) in [4.78, 5) is 2.91. The Balaban J connectivity index is 2.20. The third-order valence-corrected chi connectivity index (χ3v) is 3.53. The smallest absolute Gasteiger partial charge is 0.0153 e. The maximum absolute atomic E-state index is 2.30. The van der Waals surface area contributed by atoms with Gasteiger partial charge in [-0.1, -0.05) is 23.8 Å². The van der Waals surface area contributed by atoms with Crippen molar-refractivity contribution in [3.63, 3.8) is 0 Å². The Morgan fingerprint density at radius 3 is 2.77 bits per heavy atom. The molecule has 0 saturated carbocycles. The minimum absolute atomic E-state index is 0.628. The molecular formula is C12H14S. The second-order valence-corrected chi connectivity index (χ2v) is 4.98. The molecular weight excluding hydrogens is 176 g/mol. The molecule has 1 heterocycles. The van der Waals surface area contributed by atoms with Gasteiger partial charge in [-0.05, 0) is 32.4 Å². The van der Waals surface area contributed by atoms with E-state index in [9.17, 15) is 0 Å². The highest BCUT2D eigenvalue weighted by molar-refractivity contribution is 7.12. The molecule has 0 aromatic carbocycles. The second kappa shape index (κ2) is 3.51. The van der Waals surface area contributed by atoms with Crippen LogP contribution in [0.1, 0.15) is 29.0 Å². The molecule has 68 valence electrons. The third-order valence-electron chi connectivity index (χ3n) is 2.39. The molecule has 13 heavy (non-hydrogen) atoms. The predicted octanol–water partition coefficient (Wildman–Crippen LogP) is 4.05. The van der Waals surface area contributed by atoms with Crippen LogP contribution in [0.4, 0.5) is 0 Å². The second-order valence-electron chi connectivity index (χ2n) is 3.66. The Hall–Kier alpha value is -0.820. The lowest BCUT2D eigenvalue weighted by Crippen LogP contribution is -1.96. The van der Waals surface area contributed by atoms with Crippen molar-refractivity contribution in [2.75, 3.05) is 0 Å². The fourth-order valence-corrected chi connectivity index (χ4v) is 2.64. The number of thiophene rings is 1. The monoisotopic (exact) mass is 190 g/mol. The third kappa shape index (κ3) is 1.92. The van der Waals surface area contributed by atoms with Gasteiger partial charge in [-0.15, -0.1) is 11.3 Å². The number of hydrogen-bond acceptors (Lipinski definition) is 1. The first-order valence-corrected chi connectivity index (χ1v) is 5.47. The maximum Gasteiger partial charge on any atom is 0.0153 e. The zero-order valence-corrected chi connectivity index (χ0v) is 8.90. The molecule has 1 unspecified atom stereocenters. The summed E-state index contributed by atoms with van der Waals surface area (Å²) in [5.41, 5.74) is 1.48. The topological polar surface area (TPSA) is 0 Å². The largest absolute Gasteiger partial charge is 0.145 e.